The molecule has 256 valence electrons. The number of nitrogens with zero attached hydrogens (tertiary/aromatic N) is 2. The van der Waals surface area contributed by atoms with Gasteiger partial charge in [-0.05, 0) is 128 Å². The summed E-state index contributed by atoms with van der Waals surface area (Å²) in [6.45, 7) is 8.88. The van der Waals surface area contributed by atoms with E-state index in [9.17, 15) is 5.26 Å². The van der Waals surface area contributed by atoms with E-state index >= 15 is 0 Å². The zero-order chi connectivity index (χ0) is 37.4. The van der Waals surface area contributed by atoms with Crippen molar-refractivity contribution < 1.29 is 10.0 Å². The zero-order valence-corrected chi connectivity index (χ0v) is 32.1. The van der Waals surface area contributed by atoms with Gasteiger partial charge in [0.15, 0.2) is 0 Å². The second-order valence-electron chi connectivity index (χ2n) is 13.9. The number of rotatable bonds is 2. The highest BCUT2D eigenvalue weighted by molar-refractivity contribution is 9.10. The van der Waals surface area contributed by atoms with Crippen LogP contribution in [0.2, 0.25) is 10.0 Å². The fourth-order valence-corrected chi connectivity index (χ4v) is 7.66. The zero-order valence-electron chi connectivity index (χ0n) is 29.0. The molecule has 6 aromatic carbocycles. The van der Waals surface area contributed by atoms with Crippen molar-refractivity contribution in [1.82, 2.24) is 0 Å². The van der Waals surface area contributed by atoms with E-state index in [0.29, 0.717) is 16.0 Å². The standard InChI is InChI=1S/C22H16ClN.C16H12BrN.C6H6BClO2/c1-22(2)20-11-14(13-24)3-9-18(20)19-10-6-16(12-21(19)22)15-4-7-17(23)8-5-15;1-16(2)14-7-10(9-18)3-5-12(14)13-6-4-11(17)8-15(13)16;8-6-3-1-5(2-4-6)7(9)10/h3-12H,1-2H3;3-8H,1-2H3;1-4,9-10H. The minimum Gasteiger partial charge on any atom is -0.423 e. The lowest BCUT2D eigenvalue weighted by Gasteiger charge is -2.22. The predicted octanol–water partition coefficient (Wildman–Crippen LogP) is 10.8. The lowest BCUT2D eigenvalue weighted by Crippen LogP contribution is -2.29. The van der Waals surface area contributed by atoms with Gasteiger partial charge in [0.05, 0.1) is 23.3 Å². The average molecular weight is 784 g/mol. The van der Waals surface area contributed by atoms with Crippen LogP contribution in [0.4, 0.5) is 0 Å². The smallest absolute Gasteiger partial charge is 0.423 e. The van der Waals surface area contributed by atoms with E-state index in [-0.39, 0.29) is 10.8 Å². The normalized spacial score (nSPS) is 13.4. The summed E-state index contributed by atoms with van der Waals surface area (Å²) in [4.78, 5) is 0. The maximum atomic E-state index is 9.21. The lowest BCUT2D eigenvalue weighted by molar-refractivity contribution is 0.426. The Morgan fingerprint density at radius 1 is 0.519 bits per heavy atom. The van der Waals surface area contributed by atoms with E-state index in [1.807, 2.05) is 48.5 Å². The maximum absolute atomic E-state index is 9.21. The van der Waals surface area contributed by atoms with Crippen molar-refractivity contribution in [2.75, 3.05) is 0 Å². The molecule has 8 heteroatoms. The van der Waals surface area contributed by atoms with E-state index in [0.717, 1.165) is 20.6 Å². The van der Waals surface area contributed by atoms with Crippen molar-refractivity contribution >= 4 is 51.7 Å². The number of fused-ring (bicyclic) bond motifs is 6. The summed E-state index contributed by atoms with van der Waals surface area (Å²) in [5, 5.41) is 36.8. The van der Waals surface area contributed by atoms with Gasteiger partial charge in [-0.2, -0.15) is 10.5 Å². The predicted molar refractivity (Wildman–Crippen MR) is 217 cm³/mol. The Bertz CT molecular complexity index is 2390. The highest BCUT2D eigenvalue weighted by Crippen LogP contribution is 2.51. The van der Waals surface area contributed by atoms with Crippen LogP contribution in [0.1, 0.15) is 61.1 Å². The van der Waals surface area contributed by atoms with Crippen LogP contribution in [-0.4, -0.2) is 17.2 Å². The molecule has 4 nitrogen and oxygen atoms in total. The van der Waals surface area contributed by atoms with E-state index in [1.54, 1.807) is 24.3 Å². The van der Waals surface area contributed by atoms with E-state index in [2.05, 4.69) is 104 Å². The van der Waals surface area contributed by atoms with Gasteiger partial charge in [-0.3, -0.25) is 0 Å². The van der Waals surface area contributed by atoms with Crippen LogP contribution in [-0.2, 0) is 10.8 Å². The van der Waals surface area contributed by atoms with Crippen molar-refractivity contribution in [3.8, 4) is 45.5 Å². The van der Waals surface area contributed by atoms with Crippen molar-refractivity contribution in [3.05, 3.63) is 169 Å². The Kier molecular flexibility index (Phi) is 10.5. The first kappa shape index (κ1) is 37.1. The highest BCUT2D eigenvalue weighted by atomic mass is 79.9. The maximum Gasteiger partial charge on any atom is 0.488 e. The van der Waals surface area contributed by atoms with E-state index in [4.69, 9.17) is 38.5 Å². The SMILES string of the molecule is CC1(C)c2cc(Br)ccc2-c2ccc(C#N)cc21.CC1(C)c2cc(C#N)ccc2-c2ccc(-c3ccc(Cl)cc3)cc21.OB(O)c1ccc(Cl)cc1. The Labute approximate surface area is 323 Å². The van der Waals surface area contributed by atoms with Crippen molar-refractivity contribution in [3.63, 3.8) is 0 Å². The summed E-state index contributed by atoms with van der Waals surface area (Å²) < 4.78 is 1.10. The number of nitriles is 2. The summed E-state index contributed by atoms with van der Waals surface area (Å²) in [7, 11) is -1.41. The first-order valence-corrected chi connectivity index (χ1v) is 18.2. The van der Waals surface area contributed by atoms with Crippen LogP contribution in [0.15, 0.2) is 126 Å². The van der Waals surface area contributed by atoms with Gasteiger partial charge in [0.25, 0.3) is 0 Å². The molecule has 6 aromatic rings. The lowest BCUT2D eigenvalue weighted by atomic mass is 9.81. The average Bonchev–Trinajstić information content (AvgIpc) is 3.50. The monoisotopic (exact) mass is 782 g/mol. The molecule has 0 fully saturated rings. The third kappa shape index (κ3) is 7.19. The van der Waals surface area contributed by atoms with Gasteiger partial charge in [-0.15, -0.1) is 0 Å². The van der Waals surface area contributed by atoms with Gasteiger partial charge in [-0.1, -0.05) is 121 Å². The van der Waals surface area contributed by atoms with Crippen LogP contribution in [0.5, 0.6) is 0 Å². The molecule has 8 rings (SSSR count). The summed E-state index contributed by atoms with van der Waals surface area (Å²) in [5.41, 5.74) is 14.2. The van der Waals surface area contributed by atoms with Gasteiger partial charge in [0.1, 0.15) is 0 Å². The molecule has 52 heavy (non-hydrogen) atoms. The Balaban J connectivity index is 0.000000146. The molecule has 2 aliphatic carbocycles. The summed E-state index contributed by atoms with van der Waals surface area (Å²) in [5.74, 6) is 0. The molecular formula is C44H34BBrCl2N2O2. The topological polar surface area (TPSA) is 88.0 Å². The van der Waals surface area contributed by atoms with Gasteiger partial charge >= 0.3 is 7.12 Å². The Morgan fingerprint density at radius 3 is 1.37 bits per heavy atom. The first-order chi connectivity index (χ1) is 24.7. The molecular weight excluding hydrogens is 750 g/mol. The first-order valence-electron chi connectivity index (χ1n) is 16.7. The summed E-state index contributed by atoms with van der Waals surface area (Å²) >= 11 is 15.1. The fraction of sp³-hybridized carbons (Fsp3) is 0.136. The van der Waals surface area contributed by atoms with E-state index in [1.165, 1.54) is 50.1 Å². The minimum absolute atomic E-state index is 0.0404. The number of hydrogen-bond donors (Lipinski definition) is 2. The molecule has 0 unspecified atom stereocenters. The van der Waals surface area contributed by atoms with E-state index < -0.39 is 7.12 Å². The van der Waals surface area contributed by atoms with Crippen molar-refractivity contribution in [1.29, 1.82) is 10.5 Å². The minimum atomic E-state index is -1.41. The summed E-state index contributed by atoms with van der Waals surface area (Å²) in [6.07, 6.45) is 0. The molecule has 0 bridgehead atoms. The number of halogens is 3. The van der Waals surface area contributed by atoms with Crippen LogP contribution >= 0.6 is 39.1 Å². The molecule has 2 N–H and O–H groups in total. The third-order valence-corrected chi connectivity index (χ3v) is 10.9. The van der Waals surface area contributed by atoms with Gasteiger partial charge < -0.3 is 10.0 Å². The summed E-state index contributed by atoms with van der Waals surface area (Å²) in [6, 6.07) is 43.8. The van der Waals surface area contributed by atoms with Crippen LogP contribution < -0.4 is 5.46 Å². The second kappa shape index (κ2) is 14.8. The second-order valence-corrected chi connectivity index (χ2v) is 15.7. The molecule has 0 saturated carbocycles. The van der Waals surface area contributed by atoms with Crippen LogP contribution in [0, 0.1) is 22.7 Å². The molecule has 0 heterocycles. The van der Waals surface area contributed by atoms with Gasteiger partial charge in [0, 0.05) is 25.3 Å². The number of hydrogen-bond acceptors (Lipinski definition) is 4. The van der Waals surface area contributed by atoms with Crippen molar-refractivity contribution in [2.45, 2.75) is 38.5 Å². The molecule has 0 saturated heterocycles. The Morgan fingerprint density at radius 2 is 0.904 bits per heavy atom. The van der Waals surface area contributed by atoms with Gasteiger partial charge in [0.2, 0.25) is 0 Å². The van der Waals surface area contributed by atoms with Crippen LogP contribution in [0.25, 0.3) is 33.4 Å². The van der Waals surface area contributed by atoms with Crippen LogP contribution in [0.3, 0.4) is 0 Å². The Hall–Kier alpha value is -4.66. The molecule has 0 radical (unpaired) electrons. The number of benzene rings is 6. The fourth-order valence-electron chi connectivity index (χ4n) is 7.04. The molecule has 0 spiro atoms. The largest absolute Gasteiger partial charge is 0.488 e. The molecule has 0 atom stereocenters. The third-order valence-electron chi connectivity index (χ3n) is 9.92. The molecule has 2 aliphatic rings. The molecule has 0 aliphatic heterocycles. The molecule has 0 aromatic heterocycles. The van der Waals surface area contributed by atoms with Gasteiger partial charge in [-0.25, -0.2) is 0 Å². The highest BCUT2D eigenvalue weighted by Gasteiger charge is 2.36. The van der Waals surface area contributed by atoms with Crippen molar-refractivity contribution in [2.24, 2.45) is 0 Å². The quantitative estimate of drug-likeness (QED) is 0.171. The molecule has 0 amide bonds.